The zero-order chi connectivity index (χ0) is 13.0. The predicted octanol–water partition coefficient (Wildman–Crippen LogP) is 2.78. The molecule has 0 radical (unpaired) electrons. The standard InChI is InChI=1S/C12H13BrN2O3/c1-2-17-6-5-11-14-12(18-15-11)8-3-4-9(13)10(16)7-8/h3-4,7,16H,2,5-6H2,1H3. The van der Waals surface area contributed by atoms with Crippen molar-refractivity contribution in [2.75, 3.05) is 13.2 Å². The smallest absolute Gasteiger partial charge is 0.258 e. The van der Waals surface area contributed by atoms with E-state index < -0.39 is 0 Å². The Labute approximate surface area is 113 Å². The second kappa shape index (κ2) is 5.97. The molecule has 0 amide bonds. The van der Waals surface area contributed by atoms with Gasteiger partial charge in [-0.15, -0.1) is 0 Å². The third kappa shape index (κ3) is 3.08. The molecule has 5 nitrogen and oxygen atoms in total. The Morgan fingerprint density at radius 3 is 3.00 bits per heavy atom. The number of benzene rings is 1. The Kier molecular flexibility index (Phi) is 4.33. The van der Waals surface area contributed by atoms with Crippen LogP contribution in [0.4, 0.5) is 0 Å². The van der Waals surface area contributed by atoms with Gasteiger partial charge < -0.3 is 14.4 Å². The van der Waals surface area contributed by atoms with Gasteiger partial charge in [-0.25, -0.2) is 0 Å². The van der Waals surface area contributed by atoms with Gasteiger partial charge >= 0.3 is 0 Å². The van der Waals surface area contributed by atoms with Crippen molar-refractivity contribution in [3.8, 4) is 17.2 Å². The van der Waals surface area contributed by atoms with Crippen molar-refractivity contribution in [3.05, 3.63) is 28.5 Å². The highest BCUT2D eigenvalue weighted by Crippen LogP contribution is 2.28. The van der Waals surface area contributed by atoms with Gasteiger partial charge in [-0.2, -0.15) is 4.98 Å². The van der Waals surface area contributed by atoms with Crippen LogP contribution in [0.3, 0.4) is 0 Å². The highest BCUT2D eigenvalue weighted by molar-refractivity contribution is 9.10. The van der Waals surface area contributed by atoms with Gasteiger partial charge in [-0.1, -0.05) is 5.16 Å². The number of rotatable bonds is 5. The lowest BCUT2D eigenvalue weighted by molar-refractivity contribution is 0.149. The van der Waals surface area contributed by atoms with Crippen LogP contribution < -0.4 is 0 Å². The number of aromatic hydroxyl groups is 1. The van der Waals surface area contributed by atoms with Crippen LogP contribution in [0.5, 0.6) is 5.75 Å². The Balaban J connectivity index is 2.11. The van der Waals surface area contributed by atoms with Crippen molar-refractivity contribution in [1.82, 2.24) is 10.1 Å². The van der Waals surface area contributed by atoms with E-state index in [4.69, 9.17) is 9.26 Å². The van der Waals surface area contributed by atoms with E-state index >= 15 is 0 Å². The Hall–Kier alpha value is -1.40. The summed E-state index contributed by atoms with van der Waals surface area (Å²) < 4.78 is 11.0. The van der Waals surface area contributed by atoms with E-state index in [1.807, 2.05) is 6.92 Å². The van der Waals surface area contributed by atoms with Crippen molar-refractivity contribution in [1.29, 1.82) is 0 Å². The monoisotopic (exact) mass is 312 g/mol. The average molecular weight is 313 g/mol. The molecule has 2 aromatic rings. The summed E-state index contributed by atoms with van der Waals surface area (Å²) in [6, 6.07) is 5.10. The molecule has 0 atom stereocenters. The molecule has 2 rings (SSSR count). The molecular weight excluding hydrogens is 300 g/mol. The average Bonchev–Trinajstić information content (AvgIpc) is 2.82. The van der Waals surface area contributed by atoms with Crippen LogP contribution in [0.15, 0.2) is 27.2 Å². The summed E-state index contributed by atoms with van der Waals surface area (Å²) in [5, 5.41) is 13.4. The SMILES string of the molecule is CCOCCc1noc(-c2ccc(Br)c(O)c2)n1. The summed E-state index contributed by atoms with van der Waals surface area (Å²) in [4.78, 5) is 4.24. The molecule has 1 N–H and O–H groups in total. The van der Waals surface area contributed by atoms with Crippen molar-refractivity contribution in [2.45, 2.75) is 13.3 Å². The van der Waals surface area contributed by atoms with Gasteiger partial charge in [-0.05, 0) is 41.1 Å². The summed E-state index contributed by atoms with van der Waals surface area (Å²) in [7, 11) is 0. The van der Waals surface area contributed by atoms with E-state index in [9.17, 15) is 5.11 Å². The summed E-state index contributed by atoms with van der Waals surface area (Å²) >= 11 is 3.22. The summed E-state index contributed by atoms with van der Waals surface area (Å²) in [5.41, 5.74) is 0.686. The Bertz CT molecular complexity index is 528. The minimum absolute atomic E-state index is 0.140. The lowest BCUT2D eigenvalue weighted by Gasteiger charge is -1.98. The van der Waals surface area contributed by atoms with Gasteiger partial charge in [0.2, 0.25) is 0 Å². The first-order valence-electron chi connectivity index (χ1n) is 5.60. The number of ether oxygens (including phenoxy) is 1. The highest BCUT2D eigenvalue weighted by Gasteiger charge is 2.10. The molecule has 0 saturated heterocycles. The molecule has 1 aromatic heterocycles. The second-order valence-corrected chi connectivity index (χ2v) is 4.48. The number of aromatic nitrogens is 2. The molecule has 96 valence electrons. The molecule has 6 heteroatoms. The van der Waals surface area contributed by atoms with Crippen molar-refractivity contribution in [2.24, 2.45) is 0 Å². The number of nitrogens with zero attached hydrogens (tertiary/aromatic N) is 2. The topological polar surface area (TPSA) is 68.4 Å². The molecule has 0 saturated carbocycles. The zero-order valence-corrected chi connectivity index (χ0v) is 11.5. The molecule has 0 fully saturated rings. The fraction of sp³-hybridized carbons (Fsp3) is 0.333. The quantitative estimate of drug-likeness (QED) is 0.860. The first kappa shape index (κ1) is 13.0. The zero-order valence-electron chi connectivity index (χ0n) is 9.89. The van der Waals surface area contributed by atoms with Crippen molar-refractivity contribution >= 4 is 15.9 Å². The number of hydrogen-bond donors (Lipinski definition) is 1. The van der Waals surface area contributed by atoms with Crippen molar-refractivity contribution < 1.29 is 14.4 Å². The molecule has 0 bridgehead atoms. The Morgan fingerprint density at radius 1 is 1.44 bits per heavy atom. The third-order valence-electron chi connectivity index (χ3n) is 2.34. The third-order valence-corrected chi connectivity index (χ3v) is 3.01. The van der Waals surface area contributed by atoms with Gasteiger partial charge in [0.15, 0.2) is 5.82 Å². The summed E-state index contributed by atoms with van der Waals surface area (Å²) in [5.74, 6) is 1.13. The van der Waals surface area contributed by atoms with Crippen molar-refractivity contribution in [3.63, 3.8) is 0 Å². The van der Waals surface area contributed by atoms with Crippen LogP contribution in [0, 0.1) is 0 Å². The van der Waals surface area contributed by atoms with Crippen LogP contribution in [0.1, 0.15) is 12.7 Å². The number of hydrogen-bond acceptors (Lipinski definition) is 5. The molecule has 0 aliphatic carbocycles. The van der Waals surface area contributed by atoms with Gasteiger partial charge in [-0.3, -0.25) is 0 Å². The van der Waals surface area contributed by atoms with Gasteiger partial charge in [0, 0.05) is 18.6 Å². The molecule has 0 aliphatic rings. The van der Waals surface area contributed by atoms with E-state index in [0.717, 1.165) is 0 Å². The van der Waals surface area contributed by atoms with E-state index in [1.165, 1.54) is 0 Å². The minimum Gasteiger partial charge on any atom is -0.507 e. The molecule has 0 spiro atoms. The molecule has 0 aliphatic heterocycles. The minimum atomic E-state index is 0.140. The molecule has 1 aromatic carbocycles. The van der Waals surface area contributed by atoms with Crippen LogP contribution in [0.2, 0.25) is 0 Å². The number of phenolic OH excluding ortho intramolecular Hbond substituents is 1. The van der Waals surface area contributed by atoms with Crippen LogP contribution in [-0.2, 0) is 11.2 Å². The van der Waals surface area contributed by atoms with Gasteiger partial charge in [0.1, 0.15) is 5.75 Å². The fourth-order valence-electron chi connectivity index (χ4n) is 1.43. The maximum absolute atomic E-state index is 9.58. The van der Waals surface area contributed by atoms with Crippen LogP contribution >= 0.6 is 15.9 Å². The largest absolute Gasteiger partial charge is 0.507 e. The van der Waals surface area contributed by atoms with E-state index in [0.29, 0.717) is 41.4 Å². The number of phenols is 1. The molecular formula is C12H13BrN2O3. The van der Waals surface area contributed by atoms with E-state index in [2.05, 4.69) is 26.1 Å². The molecule has 18 heavy (non-hydrogen) atoms. The first-order chi connectivity index (χ1) is 8.70. The summed E-state index contributed by atoms with van der Waals surface area (Å²) in [6.07, 6.45) is 0.611. The second-order valence-electron chi connectivity index (χ2n) is 3.63. The fourth-order valence-corrected chi connectivity index (χ4v) is 1.67. The maximum Gasteiger partial charge on any atom is 0.258 e. The predicted molar refractivity (Wildman–Crippen MR) is 69.3 cm³/mol. The van der Waals surface area contributed by atoms with E-state index in [1.54, 1.807) is 18.2 Å². The highest BCUT2D eigenvalue weighted by atomic mass is 79.9. The lowest BCUT2D eigenvalue weighted by atomic mass is 10.2. The lowest BCUT2D eigenvalue weighted by Crippen LogP contribution is -1.99. The Morgan fingerprint density at radius 2 is 2.28 bits per heavy atom. The normalized spacial score (nSPS) is 10.8. The van der Waals surface area contributed by atoms with Crippen LogP contribution in [0.25, 0.3) is 11.5 Å². The molecule has 0 unspecified atom stereocenters. The van der Waals surface area contributed by atoms with Gasteiger partial charge in [0.05, 0.1) is 11.1 Å². The maximum atomic E-state index is 9.58. The van der Waals surface area contributed by atoms with Gasteiger partial charge in [0.25, 0.3) is 5.89 Å². The first-order valence-corrected chi connectivity index (χ1v) is 6.39. The summed E-state index contributed by atoms with van der Waals surface area (Å²) in [6.45, 7) is 3.18. The molecule has 1 heterocycles. The van der Waals surface area contributed by atoms with Crippen LogP contribution in [-0.4, -0.2) is 28.5 Å². The van der Waals surface area contributed by atoms with E-state index in [-0.39, 0.29) is 5.75 Å². The number of halogens is 1.